The normalized spacial score (nSPS) is 25.2. The lowest BCUT2D eigenvalue weighted by atomic mass is 10.1. The summed E-state index contributed by atoms with van der Waals surface area (Å²) in [5, 5.41) is 3.72. The molecule has 1 saturated carbocycles. The molecule has 1 heterocycles. The van der Waals surface area contributed by atoms with Crippen LogP contribution in [0.25, 0.3) is 0 Å². The van der Waals surface area contributed by atoms with E-state index >= 15 is 0 Å². The average molecular weight is 237 g/mol. The number of aryl methyl sites for hydroxylation is 2. The maximum atomic E-state index is 3.72. The lowest BCUT2D eigenvalue weighted by Gasteiger charge is -2.17. The molecule has 1 N–H and O–H groups in total. The van der Waals surface area contributed by atoms with Gasteiger partial charge in [0.25, 0.3) is 0 Å². The van der Waals surface area contributed by atoms with Crippen molar-refractivity contribution in [3.63, 3.8) is 0 Å². The summed E-state index contributed by atoms with van der Waals surface area (Å²) in [5.74, 6) is 0.880. The number of thiophene rings is 1. The van der Waals surface area contributed by atoms with Crippen LogP contribution in [0.4, 0.5) is 0 Å². The third-order valence-corrected chi connectivity index (χ3v) is 4.81. The Morgan fingerprint density at radius 2 is 2.19 bits per heavy atom. The Balaban J connectivity index is 1.77. The molecule has 1 aliphatic rings. The second-order valence-corrected chi connectivity index (χ2v) is 6.62. The van der Waals surface area contributed by atoms with Crippen LogP contribution in [0.15, 0.2) is 6.07 Å². The first-order chi connectivity index (χ1) is 7.66. The molecular formula is C14H23NS. The minimum absolute atomic E-state index is 0.778. The van der Waals surface area contributed by atoms with Gasteiger partial charge in [0.05, 0.1) is 0 Å². The molecule has 0 spiro atoms. The van der Waals surface area contributed by atoms with Gasteiger partial charge in [0.2, 0.25) is 0 Å². The van der Waals surface area contributed by atoms with Crippen LogP contribution in [0, 0.1) is 19.8 Å². The molecule has 2 rings (SSSR count). The van der Waals surface area contributed by atoms with Gasteiger partial charge in [-0.15, -0.1) is 11.3 Å². The Morgan fingerprint density at radius 3 is 2.75 bits per heavy atom. The highest BCUT2D eigenvalue weighted by Gasteiger charge is 2.22. The Bertz CT molecular complexity index is 343. The van der Waals surface area contributed by atoms with E-state index in [9.17, 15) is 0 Å². The van der Waals surface area contributed by atoms with E-state index in [0.29, 0.717) is 0 Å². The summed E-state index contributed by atoms with van der Waals surface area (Å²) < 4.78 is 0. The topological polar surface area (TPSA) is 12.0 Å². The Kier molecular flexibility index (Phi) is 4.04. The van der Waals surface area contributed by atoms with Crippen LogP contribution in [0.1, 0.15) is 41.5 Å². The second kappa shape index (κ2) is 5.33. The van der Waals surface area contributed by atoms with E-state index in [4.69, 9.17) is 0 Å². The van der Waals surface area contributed by atoms with Gasteiger partial charge in [0.1, 0.15) is 0 Å². The van der Waals surface area contributed by atoms with Crippen molar-refractivity contribution in [2.75, 3.05) is 6.54 Å². The molecule has 0 aromatic carbocycles. The van der Waals surface area contributed by atoms with Gasteiger partial charge in [-0.1, -0.05) is 13.3 Å². The van der Waals surface area contributed by atoms with Crippen molar-refractivity contribution in [2.45, 2.75) is 52.5 Å². The van der Waals surface area contributed by atoms with Gasteiger partial charge in [-0.2, -0.15) is 0 Å². The Morgan fingerprint density at radius 1 is 1.38 bits per heavy atom. The Hall–Kier alpha value is -0.340. The fraction of sp³-hybridized carbons (Fsp3) is 0.714. The SMILES string of the molecule is Cc1cc(CCNC2CCCC2C)c(C)s1. The maximum absolute atomic E-state index is 3.72. The first-order valence-corrected chi connectivity index (χ1v) is 7.28. The molecule has 1 aliphatic carbocycles. The molecule has 1 fully saturated rings. The van der Waals surface area contributed by atoms with Crippen LogP contribution < -0.4 is 5.32 Å². The molecule has 1 aromatic rings. The molecule has 2 atom stereocenters. The fourth-order valence-corrected chi connectivity index (χ4v) is 3.75. The van der Waals surface area contributed by atoms with Crippen LogP contribution in [-0.4, -0.2) is 12.6 Å². The lowest BCUT2D eigenvalue weighted by Crippen LogP contribution is -2.32. The van der Waals surface area contributed by atoms with E-state index in [-0.39, 0.29) is 0 Å². The fourth-order valence-electron chi connectivity index (χ4n) is 2.77. The van der Waals surface area contributed by atoms with Crippen LogP contribution in [0.3, 0.4) is 0 Å². The van der Waals surface area contributed by atoms with Crippen molar-refractivity contribution in [3.8, 4) is 0 Å². The molecule has 2 unspecified atom stereocenters. The highest BCUT2D eigenvalue weighted by Crippen LogP contribution is 2.25. The molecular weight excluding hydrogens is 214 g/mol. The predicted octanol–water partition coefficient (Wildman–Crippen LogP) is 3.69. The first kappa shape index (κ1) is 12.1. The summed E-state index contributed by atoms with van der Waals surface area (Å²) in [6.07, 6.45) is 5.39. The first-order valence-electron chi connectivity index (χ1n) is 6.46. The van der Waals surface area contributed by atoms with Crippen molar-refractivity contribution < 1.29 is 0 Å². The summed E-state index contributed by atoms with van der Waals surface area (Å²) in [6, 6.07) is 3.12. The molecule has 1 nitrogen and oxygen atoms in total. The molecule has 16 heavy (non-hydrogen) atoms. The van der Waals surface area contributed by atoms with E-state index in [1.54, 1.807) is 5.56 Å². The summed E-state index contributed by atoms with van der Waals surface area (Å²) in [5.41, 5.74) is 1.54. The minimum atomic E-state index is 0.778. The zero-order chi connectivity index (χ0) is 11.5. The number of rotatable bonds is 4. The summed E-state index contributed by atoms with van der Waals surface area (Å²) in [4.78, 5) is 2.94. The third-order valence-electron chi connectivity index (χ3n) is 3.81. The standard InChI is InChI=1S/C14H23NS/c1-10-5-4-6-14(10)15-8-7-13-9-11(2)16-12(13)3/h9-10,14-15H,4-8H2,1-3H3. The Labute approximate surface area is 103 Å². The highest BCUT2D eigenvalue weighted by molar-refractivity contribution is 7.12. The minimum Gasteiger partial charge on any atom is -0.313 e. The molecule has 0 radical (unpaired) electrons. The van der Waals surface area contributed by atoms with Gasteiger partial charge >= 0.3 is 0 Å². The quantitative estimate of drug-likeness (QED) is 0.842. The zero-order valence-corrected chi connectivity index (χ0v) is 11.5. The van der Waals surface area contributed by atoms with Crippen molar-refractivity contribution in [1.29, 1.82) is 0 Å². The van der Waals surface area contributed by atoms with E-state index < -0.39 is 0 Å². The van der Waals surface area contributed by atoms with Gasteiger partial charge in [0.15, 0.2) is 0 Å². The van der Waals surface area contributed by atoms with E-state index in [1.807, 2.05) is 11.3 Å². The van der Waals surface area contributed by atoms with Crippen molar-refractivity contribution in [1.82, 2.24) is 5.32 Å². The molecule has 1 aromatic heterocycles. The summed E-state index contributed by atoms with van der Waals surface area (Å²) in [6.45, 7) is 7.97. The van der Waals surface area contributed by atoms with Gasteiger partial charge < -0.3 is 5.32 Å². The maximum Gasteiger partial charge on any atom is 0.00928 e. The number of hydrogen-bond acceptors (Lipinski definition) is 2. The van der Waals surface area contributed by atoms with Crippen LogP contribution >= 0.6 is 11.3 Å². The van der Waals surface area contributed by atoms with E-state index in [1.165, 1.54) is 35.4 Å². The lowest BCUT2D eigenvalue weighted by molar-refractivity contribution is 0.430. The molecule has 90 valence electrons. The van der Waals surface area contributed by atoms with Gasteiger partial charge in [0, 0.05) is 15.8 Å². The smallest absolute Gasteiger partial charge is 0.00928 e. The predicted molar refractivity (Wildman–Crippen MR) is 72.3 cm³/mol. The highest BCUT2D eigenvalue weighted by atomic mass is 32.1. The van der Waals surface area contributed by atoms with Crippen molar-refractivity contribution in [2.24, 2.45) is 5.92 Å². The second-order valence-electron chi connectivity index (χ2n) is 5.16. The van der Waals surface area contributed by atoms with Crippen molar-refractivity contribution >= 4 is 11.3 Å². The van der Waals surface area contributed by atoms with E-state index in [2.05, 4.69) is 32.2 Å². The average Bonchev–Trinajstić information content (AvgIpc) is 2.75. The van der Waals surface area contributed by atoms with E-state index in [0.717, 1.165) is 18.5 Å². The van der Waals surface area contributed by atoms with Gasteiger partial charge in [-0.05, 0) is 57.2 Å². The zero-order valence-electron chi connectivity index (χ0n) is 10.7. The van der Waals surface area contributed by atoms with Crippen LogP contribution in [-0.2, 0) is 6.42 Å². The van der Waals surface area contributed by atoms with Crippen LogP contribution in [0.2, 0.25) is 0 Å². The molecule has 0 saturated heterocycles. The monoisotopic (exact) mass is 237 g/mol. The van der Waals surface area contributed by atoms with Crippen molar-refractivity contribution in [3.05, 3.63) is 21.4 Å². The van der Waals surface area contributed by atoms with Gasteiger partial charge in [-0.3, -0.25) is 0 Å². The summed E-state index contributed by atoms with van der Waals surface area (Å²) in [7, 11) is 0. The molecule has 0 amide bonds. The molecule has 0 aliphatic heterocycles. The third kappa shape index (κ3) is 2.86. The summed E-state index contributed by atoms with van der Waals surface area (Å²) >= 11 is 1.92. The molecule has 2 heteroatoms. The van der Waals surface area contributed by atoms with Gasteiger partial charge in [-0.25, -0.2) is 0 Å². The largest absolute Gasteiger partial charge is 0.313 e. The van der Waals surface area contributed by atoms with Crippen LogP contribution in [0.5, 0.6) is 0 Å². The molecule has 0 bridgehead atoms. The number of hydrogen-bond donors (Lipinski definition) is 1. The number of nitrogens with one attached hydrogen (secondary N) is 1.